The number of nitrogens with zero attached hydrogens (tertiary/aromatic N) is 1. The summed E-state index contributed by atoms with van der Waals surface area (Å²) in [6, 6.07) is 0. The number of alkyl halides is 3. The van der Waals surface area contributed by atoms with Crippen LogP contribution in [0.15, 0.2) is 0 Å². The molecule has 0 bridgehead atoms. The lowest BCUT2D eigenvalue weighted by molar-refractivity contribution is -0.185. The second kappa shape index (κ2) is 14.1. The van der Waals surface area contributed by atoms with Gasteiger partial charge in [0, 0.05) is 25.4 Å². The van der Waals surface area contributed by atoms with Gasteiger partial charge < -0.3 is 14.2 Å². The molecule has 0 aromatic heterocycles. The van der Waals surface area contributed by atoms with Crippen molar-refractivity contribution in [2.45, 2.75) is 104 Å². The standard InChI is InChI=1S/C25H48F3NO3/c1-23(2,3)29-13-10-21(11-14-29)20-22(25(26,27)28)12-17-31-19-18-30-15-8-7-9-16-32-24(4,5)6/h21-22H,7-20H2,1-6H3. The maximum atomic E-state index is 13.5. The van der Waals surface area contributed by atoms with Crippen molar-refractivity contribution in [1.82, 2.24) is 4.90 Å². The van der Waals surface area contributed by atoms with E-state index in [-0.39, 0.29) is 36.5 Å². The highest BCUT2D eigenvalue weighted by molar-refractivity contribution is 4.83. The van der Waals surface area contributed by atoms with Crippen molar-refractivity contribution in [1.29, 1.82) is 0 Å². The zero-order valence-electron chi connectivity index (χ0n) is 21.4. The number of rotatable bonds is 14. The lowest BCUT2D eigenvalue weighted by atomic mass is 9.84. The topological polar surface area (TPSA) is 30.9 Å². The molecular formula is C25H48F3NO3. The lowest BCUT2D eigenvalue weighted by Gasteiger charge is -2.41. The number of unbranched alkanes of at least 4 members (excludes halogenated alkanes) is 2. The number of halogens is 3. The summed E-state index contributed by atoms with van der Waals surface area (Å²) in [6.07, 6.45) is 0.804. The van der Waals surface area contributed by atoms with Gasteiger partial charge in [0.1, 0.15) is 0 Å². The van der Waals surface area contributed by atoms with E-state index in [1.165, 1.54) is 0 Å². The molecule has 0 amide bonds. The van der Waals surface area contributed by atoms with Gasteiger partial charge in [-0.2, -0.15) is 13.2 Å². The van der Waals surface area contributed by atoms with Crippen molar-refractivity contribution < 1.29 is 27.4 Å². The molecule has 1 fully saturated rings. The minimum absolute atomic E-state index is 0.0385. The molecule has 32 heavy (non-hydrogen) atoms. The fourth-order valence-electron chi connectivity index (χ4n) is 4.07. The molecule has 1 aliphatic heterocycles. The van der Waals surface area contributed by atoms with Gasteiger partial charge in [-0.15, -0.1) is 0 Å². The highest BCUT2D eigenvalue weighted by Gasteiger charge is 2.41. The van der Waals surface area contributed by atoms with Crippen LogP contribution >= 0.6 is 0 Å². The van der Waals surface area contributed by atoms with E-state index in [4.69, 9.17) is 14.2 Å². The quantitative estimate of drug-likeness (QED) is 0.274. The Labute approximate surface area is 194 Å². The van der Waals surface area contributed by atoms with Crippen LogP contribution in [0.1, 0.15) is 86.5 Å². The highest BCUT2D eigenvalue weighted by Crippen LogP contribution is 2.37. The molecule has 1 atom stereocenters. The van der Waals surface area contributed by atoms with Crippen LogP contribution in [-0.4, -0.2) is 68.3 Å². The van der Waals surface area contributed by atoms with Crippen molar-refractivity contribution in [3.63, 3.8) is 0 Å². The van der Waals surface area contributed by atoms with Crippen molar-refractivity contribution in [2.24, 2.45) is 11.8 Å². The third kappa shape index (κ3) is 14.0. The second-order valence-corrected chi connectivity index (χ2v) is 11.1. The molecule has 7 heteroatoms. The molecular weight excluding hydrogens is 419 g/mol. The Morgan fingerprint density at radius 2 is 1.34 bits per heavy atom. The van der Waals surface area contributed by atoms with Gasteiger partial charge >= 0.3 is 6.18 Å². The summed E-state index contributed by atoms with van der Waals surface area (Å²) < 4.78 is 57.2. The molecule has 0 saturated carbocycles. The molecule has 0 aromatic rings. The largest absolute Gasteiger partial charge is 0.391 e. The first-order chi connectivity index (χ1) is 14.8. The van der Waals surface area contributed by atoms with E-state index in [1.54, 1.807) is 0 Å². The Morgan fingerprint density at radius 1 is 0.781 bits per heavy atom. The zero-order chi connectivity index (χ0) is 24.3. The number of ether oxygens (including phenoxy) is 3. The summed E-state index contributed by atoms with van der Waals surface area (Å²) in [5, 5.41) is 0. The van der Waals surface area contributed by atoms with E-state index in [1.807, 2.05) is 20.8 Å². The average Bonchev–Trinajstić information content (AvgIpc) is 2.66. The number of hydrogen-bond acceptors (Lipinski definition) is 4. The molecule has 0 N–H and O–H groups in total. The molecule has 1 heterocycles. The molecule has 0 spiro atoms. The van der Waals surface area contributed by atoms with Crippen LogP contribution < -0.4 is 0 Å². The van der Waals surface area contributed by atoms with Gasteiger partial charge in [-0.3, -0.25) is 4.90 Å². The highest BCUT2D eigenvalue weighted by atomic mass is 19.4. The molecule has 0 aromatic carbocycles. The van der Waals surface area contributed by atoms with Gasteiger partial charge in [0.25, 0.3) is 0 Å². The second-order valence-electron chi connectivity index (χ2n) is 11.1. The fraction of sp³-hybridized carbons (Fsp3) is 1.00. The van der Waals surface area contributed by atoms with Crippen molar-refractivity contribution in [3.05, 3.63) is 0 Å². The Hall–Kier alpha value is -0.370. The van der Waals surface area contributed by atoms with Gasteiger partial charge in [-0.05, 0) is 105 Å². The Morgan fingerprint density at radius 3 is 1.88 bits per heavy atom. The lowest BCUT2D eigenvalue weighted by Crippen LogP contribution is -2.46. The average molecular weight is 468 g/mol. The maximum absolute atomic E-state index is 13.5. The normalized spacial score (nSPS) is 18.3. The van der Waals surface area contributed by atoms with E-state index in [2.05, 4.69) is 25.7 Å². The van der Waals surface area contributed by atoms with Crippen LogP contribution in [0.4, 0.5) is 13.2 Å². The molecule has 1 rings (SSSR count). The first-order valence-electron chi connectivity index (χ1n) is 12.4. The van der Waals surface area contributed by atoms with E-state index >= 15 is 0 Å². The van der Waals surface area contributed by atoms with Crippen LogP contribution in [0.25, 0.3) is 0 Å². The summed E-state index contributed by atoms with van der Waals surface area (Å²) in [5.74, 6) is -1.12. The molecule has 4 nitrogen and oxygen atoms in total. The minimum Gasteiger partial charge on any atom is -0.379 e. The van der Waals surface area contributed by atoms with Crippen LogP contribution in [-0.2, 0) is 14.2 Å². The van der Waals surface area contributed by atoms with E-state index in [0.29, 0.717) is 19.8 Å². The third-order valence-corrected chi connectivity index (χ3v) is 6.09. The van der Waals surface area contributed by atoms with Crippen LogP contribution in [0.2, 0.25) is 0 Å². The van der Waals surface area contributed by atoms with Crippen molar-refractivity contribution in [3.8, 4) is 0 Å². The van der Waals surface area contributed by atoms with Gasteiger partial charge in [-0.25, -0.2) is 0 Å². The predicted octanol–water partition coefficient (Wildman–Crippen LogP) is 6.47. The smallest absolute Gasteiger partial charge is 0.379 e. The third-order valence-electron chi connectivity index (χ3n) is 6.09. The first kappa shape index (κ1) is 29.7. The van der Waals surface area contributed by atoms with E-state index in [9.17, 15) is 13.2 Å². The van der Waals surface area contributed by atoms with E-state index < -0.39 is 12.1 Å². The monoisotopic (exact) mass is 467 g/mol. The van der Waals surface area contributed by atoms with E-state index in [0.717, 1.165) is 51.8 Å². The summed E-state index contributed by atoms with van der Waals surface area (Å²) >= 11 is 0. The molecule has 192 valence electrons. The van der Waals surface area contributed by atoms with Crippen molar-refractivity contribution in [2.75, 3.05) is 46.1 Å². The van der Waals surface area contributed by atoms with Gasteiger partial charge in [0.05, 0.1) is 24.7 Å². The molecule has 1 unspecified atom stereocenters. The zero-order valence-corrected chi connectivity index (χ0v) is 21.4. The summed E-state index contributed by atoms with van der Waals surface area (Å²) in [7, 11) is 0. The van der Waals surface area contributed by atoms with Gasteiger partial charge in [0.2, 0.25) is 0 Å². The number of likely N-dealkylation sites (tertiary alicyclic amines) is 1. The van der Waals surface area contributed by atoms with Gasteiger partial charge in [-0.1, -0.05) is 0 Å². The van der Waals surface area contributed by atoms with Crippen LogP contribution in [0, 0.1) is 11.8 Å². The Kier molecular flexibility index (Phi) is 13.1. The van der Waals surface area contributed by atoms with Gasteiger partial charge in [0.15, 0.2) is 0 Å². The summed E-state index contributed by atoms with van der Waals surface area (Å²) in [4.78, 5) is 2.37. The first-order valence-corrected chi connectivity index (χ1v) is 12.4. The van der Waals surface area contributed by atoms with Crippen molar-refractivity contribution >= 4 is 0 Å². The van der Waals surface area contributed by atoms with Crippen LogP contribution in [0.3, 0.4) is 0 Å². The fourth-order valence-corrected chi connectivity index (χ4v) is 4.07. The predicted molar refractivity (Wildman–Crippen MR) is 124 cm³/mol. The minimum atomic E-state index is -4.16. The van der Waals surface area contributed by atoms with Crippen LogP contribution in [0.5, 0.6) is 0 Å². The molecule has 0 aliphatic carbocycles. The molecule has 1 saturated heterocycles. The number of piperidine rings is 1. The number of hydrogen-bond donors (Lipinski definition) is 0. The summed E-state index contributed by atoms with van der Waals surface area (Å²) in [6.45, 7) is 16.7. The Bertz CT molecular complexity index is 478. The molecule has 1 aliphatic rings. The molecule has 0 radical (unpaired) electrons. The maximum Gasteiger partial charge on any atom is 0.391 e. The Balaban J connectivity index is 2.11. The SMILES string of the molecule is CC(C)(C)OCCCCCOCCOCCC(CC1CCN(C(C)(C)C)CC1)C(F)(F)F. The summed E-state index contributed by atoms with van der Waals surface area (Å²) in [5.41, 5.74) is -0.00615.